The van der Waals surface area contributed by atoms with Gasteiger partial charge in [-0.2, -0.15) is 4.31 Å². The number of hydrogen-bond acceptors (Lipinski definition) is 4. The number of nitrogens with zero attached hydrogens (tertiary/aromatic N) is 1. The maximum Gasteiger partial charge on any atom is 0.243 e. The highest BCUT2D eigenvalue weighted by Gasteiger charge is 2.39. The van der Waals surface area contributed by atoms with Crippen molar-refractivity contribution < 1.29 is 17.9 Å². The number of aryl methyl sites for hydroxylation is 1. The van der Waals surface area contributed by atoms with Crippen molar-refractivity contribution in [2.45, 2.75) is 37.2 Å². The van der Waals surface area contributed by atoms with Gasteiger partial charge < -0.3 is 10.1 Å². The first-order valence-electron chi connectivity index (χ1n) is 8.91. The van der Waals surface area contributed by atoms with Gasteiger partial charge in [-0.15, -0.1) is 0 Å². The molecule has 0 aliphatic carbocycles. The van der Waals surface area contributed by atoms with Crippen molar-refractivity contribution in [2.75, 3.05) is 13.7 Å². The highest BCUT2D eigenvalue weighted by Crippen LogP contribution is 2.26. The SMILES string of the molecule is COc1ccc(CNC(=O)[C@@H]2CCCN2S(=O)(=O)c2ccc(C)cc2)cc1. The fourth-order valence-electron chi connectivity index (χ4n) is 3.19. The number of hydrogen-bond donors (Lipinski definition) is 1. The molecule has 27 heavy (non-hydrogen) atoms. The summed E-state index contributed by atoms with van der Waals surface area (Å²) in [4.78, 5) is 12.9. The molecule has 1 saturated heterocycles. The monoisotopic (exact) mass is 388 g/mol. The van der Waals surface area contributed by atoms with Crippen LogP contribution in [0.25, 0.3) is 0 Å². The minimum Gasteiger partial charge on any atom is -0.497 e. The Hall–Kier alpha value is -2.38. The lowest BCUT2D eigenvalue weighted by atomic mass is 10.2. The van der Waals surface area contributed by atoms with Crippen molar-refractivity contribution in [1.82, 2.24) is 9.62 Å². The van der Waals surface area contributed by atoms with Crippen LogP contribution >= 0.6 is 0 Å². The lowest BCUT2D eigenvalue weighted by Crippen LogP contribution is -2.45. The highest BCUT2D eigenvalue weighted by atomic mass is 32.2. The molecule has 7 heteroatoms. The molecule has 144 valence electrons. The third-order valence-corrected chi connectivity index (χ3v) is 6.68. The second-order valence-electron chi connectivity index (χ2n) is 6.65. The summed E-state index contributed by atoms with van der Waals surface area (Å²) in [7, 11) is -2.09. The molecule has 0 saturated carbocycles. The molecule has 1 heterocycles. The molecular weight excluding hydrogens is 364 g/mol. The van der Waals surface area contributed by atoms with Crippen molar-refractivity contribution in [3.63, 3.8) is 0 Å². The lowest BCUT2D eigenvalue weighted by Gasteiger charge is -2.23. The molecule has 0 unspecified atom stereocenters. The Labute approximate surface area is 160 Å². The van der Waals surface area contributed by atoms with Crippen molar-refractivity contribution in [1.29, 1.82) is 0 Å². The van der Waals surface area contributed by atoms with Gasteiger partial charge in [0.15, 0.2) is 0 Å². The van der Waals surface area contributed by atoms with E-state index in [0.29, 0.717) is 25.9 Å². The van der Waals surface area contributed by atoms with E-state index in [1.165, 1.54) is 4.31 Å². The standard InChI is InChI=1S/C20H24N2O4S/c1-15-5-11-18(12-6-15)27(24,25)22-13-3-4-19(22)20(23)21-14-16-7-9-17(26-2)10-8-16/h5-12,19H,3-4,13-14H2,1-2H3,(H,21,23)/t19-/m0/s1. The normalized spacial score (nSPS) is 17.6. The summed E-state index contributed by atoms with van der Waals surface area (Å²) < 4.78 is 32.3. The van der Waals surface area contributed by atoms with Gasteiger partial charge in [0.2, 0.25) is 15.9 Å². The van der Waals surface area contributed by atoms with Crippen LogP contribution in [0.4, 0.5) is 0 Å². The van der Waals surface area contributed by atoms with Gasteiger partial charge in [0.05, 0.1) is 12.0 Å². The van der Waals surface area contributed by atoms with Crippen molar-refractivity contribution in [3.8, 4) is 5.75 Å². The molecule has 1 amide bonds. The number of carbonyl (C=O) groups excluding carboxylic acids is 1. The van der Waals surface area contributed by atoms with Crippen LogP contribution in [-0.4, -0.2) is 38.3 Å². The Balaban J connectivity index is 1.69. The van der Waals surface area contributed by atoms with E-state index < -0.39 is 16.1 Å². The molecule has 1 N–H and O–H groups in total. The summed E-state index contributed by atoms with van der Waals surface area (Å²) in [6, 6.07) is 13.4. The molecule has 0 radical (unpaired) electrons. The van der Waals surface area contributed by atoms with Crippen LogP contribution in [0.15, 0.2) is 53.4 Å². The summed E-state index contributed by atoms with van der Waals surface area (Å²) in [5.74, 6) is 0.482. The van der Waals surface area contributed by atoms with E-state index in [4.69, 9.17) is 4.74 Å². The predicted molar refractivity (Wildman–Crippen MR) is 103 cm³/mol. The second kappa shape index (κ2) is 8.10. The van der Waals surface area contributed by atoms with Gasteiger partial charge in [-0.05, 0) is 49.6 Å². The number of rotatable bonds is 6. The average Bonchev–Trinajstić information content (AvgIpc) is 3.18. The number of nitrogens with one attached hydrogen (secondary N) is 1. The zero-order valence-corrected chi connectivity index (χ0v) is 16.3. The van der Waals surface area contributed by atoms with E-state index in [9.17, 15) is 13.2 Å². The Morgan fingerprint density at radius 1 is 1.15 bits per heavy atom. The number of carbonyl (C=O) groups is 1. The van der Waals surface area contributed by atoms with Crippen molar-refractivity contribution >= 4 is 15.9 Å². The van der Waals surface area contributed by atoms with Gasteiger partial charge in [-0.1, -0.05) is 29.8 Å². The van der Waals surface area contributed by atoms with Crippen LogP contribution in [0.2, 0.25) is 0 Å². The molecule has 6 nitrogen and oxygen atoms in total. The molecule has 1 aliphatic rings. The van der Waals surface area contributed by atoms with Crippen LogP contribution in [0, 0.1) is 6.92 Å². The van der Waals surface area contributed by atoms with Crippen molar-refractivity contribution in [3.05, 3.63) is 59.7 Å². The van der Waals surface area contributed by atoms with E-state index in [-0.39, 0.29) is 10.8 Å². The first-order valence-corrected chi connectivity index (χ1v) is 10.3. The largest absolute Gasteiger partial charge is 0.497 e. The third-order valence-electron chi connectivity index (χ3n) is 4.76. The van der Waals surface area contributed by atoms with Gasteiger partial charge in [-0.3, -0.25) is 4.79 Å². The number of methoxy groups -OCH3 is 1. The molecule has 1 aliphatic heterocycles. The molecule has 0 spiro atoms. The van der Waals surface area contributed by atoms with Crippen molar-refractivity contribution in [2.24, 2.45) is 0 Å². The fourth-order valence-corrected chi connectivity index (χ4v) is 4.84. The maximum absolute atomic E-state index is 12.9. The minimum atomic E-state index is -3.69. The smallest absolute Gasteiger partial charge is 0.243 e. The molecule has 1 atom stereocenters. The molecule has 2 aromatic rings. The second-order valence-corrected chi connectivity index (χ2v) is 8.54. The summed E-state index contributed by atoms with van der Waals surface area (Å²) in [6.07, 6.45) is 1.20. The molecular formula is C20H24N2O4S. The Bertz CT molecular complexity index is 893. The first-order chi connectivity index (χ1) is 12.9. The summed E-state index contributed by atoms with van der Waals surface area (Å²) in [5.41, 5.74) is 1.92. The van der Waals surface area contributed by atoms with Crippen LogP contribution in [0.1, 0.15) is 24.0 Å². The Kier molecular flexibility index (Phi) is 5.82. The molecule has 2 aromatic carbocycles. The van der Waals surface area contributed by atoms with Gasteiger partial charge in [-0.25, -0.2) is 8.42 Å². The minimum absolute atomic E-state index is 0.225. The highest BCUT2D eigenvalue weighted by molar-refractivity contribution is 7.89. The average molecular weight is 388 g/mol. The van der Waals surface area contributed by atoms with Gasteiger partial charge in [0, 0.05) is 13.1 Å². The van der Waals surface area contributed by atoms with E-state index in [1.54, 1.807) is 31.4 Å². The van der Waals surface area contributed by atoms with Gasteiger partial charge in [0.25, 0.3) is 0 Å². The summed E-state index contributed by atoms with van der Waals surface area (Å²) in [6.45, 7) is 2.61. The zero-order valence-electron chi connectivity index (χ0n) is 15.5. The van der Waals surface area contributed by atoms with E-state index >= 15 is 0 Å². The molecule has 1 fully saturated rings. The number of amides is 1. The first kappa shape index (κ1) is 19.4. The fraction of sp³-hybridized carbons (Fsp3) is 0.350. The predicted octanol–water partition coefficient (Wildman–Crippen LogP) is 2.47. The number of ether oxygens (including phenoxy) is 1. The molecule has 3 rings (SSSR count). The van der Waals surface area contributed by atoms with Crippen LogP contribution in [0.5, 0.6) is 5.75 Å². The quantitative estimate of drug-likeness (QED) is 0.825. The van der Waals surface area contributed by atoms with E-state index in [2.05, 4.69) is 5.32 Å². The van der Waals surface area contributed by atoms with Gasteiger partial charge >= 0.3 is 0 Å². The topological polar surface area (TPSA) is 75.7 Å². The summed E-state index contributed by atoms with van der Waals surface area (Å²) in [5, 5.41) is 2.86. The zero-order chi connectivity index (χ0) is 19.4. The summed E-state index contributed by atoms with van der Waals surface area (Å²) >= 11 is 0. The number of benzene rings is 2. The number of sulfonamides is 1. The van der Waals surface area contributed by atoms with Crippen LogP contribution < -0.4 is 10.1 Å². The Morgan fingerprint density at radius 2 is 1.81 bits per heavy atom. The lowest BCUT2D eigenvalue weighted by molar-refractivity contribution is -0.124. The van der Waals surface area contributed by atoms with Crippen LogP contribution in [-0.2, 0) is 21.4 Å². The third kappa shape index (κ3) is 4.31. The van der Waals surface area contributed by atoms with Crippen LogP contribution in [0.3, 0.4) is 0 Å². The molecule has 0 aromatic heterocycles. The maximum atomic E-state index is 12.9. The van der Waals surface area contributed by atoms with Gasteiger partial charge in [0.1, 0.15) is 11.8 Å². The molecule has 0 bridgehead atoms. The van der Waals surface area contributed by atoms with E-state index in [1.807, 2.05) is 31.2 Å². The van der Waals surface area contributed by atoms with E-state index in [0.717, 1.165) is 16.9 Å². The Morgan fingerprint density at radius 3 is 2.44 bits per heavy atom.